The zero-order valence-corrected chi connectivity index (χ0v) is 8.79. The summed E-state index contributed by atoms with van der Waals surface area (Å²) in [5, 5.41) is 2.98. The molecular formula is C7H9BrN2S. The molecule has 1 aromatic rings. The number of nitrogens with zero attached hydrogens (tertiary/aromatic N) is 1. The lowest BCUT2D eigenvalue weighted by Crippen LogP contribution is -1.91. The van der Waals surface area contributed by atoms with Crippen LogP contribution in [0.25, 0.3) is 0 Å². The average molecular weight is 233 g/mol. The molecule has 4 heteroatoms. The number of hydrogen-bond donors (Lipinski definition) is 1. The lowest BCUT2D eigenvalue weighted by Gasteiger charge is -2.02. The lowest BCUT2D eigenvalue weighted by atomic mass is 10.4. The summed E-state index contributed by atoms with van der Waals surface area (Å²) in [5.74, 6) is 0.901. The predicted molar refractivity (Wildman–Crippen MR) is 53.3 cm³/mol. The average Bonchev–Trinajstić information content (AvgIpc) is 2.05. The second kappa shape index (κ2) is 3.97. The van der Waals surface area contributed by atoms with Gasteiger partial charge in [0, 0.05) is 22.6 Å². The fourth-order valence-electron chi connectivity index (χ4n) is 0.713. The molecule has 0 bridgehead atoms. The molecule has 11 heavy (non-hydrogen) atoms. The van der Waals surface area contributed by atoms with Gasteiger partial charge in [0.05, 0.1) is 0 Å². The minimum atomic E-state index is 0.901. The van der Waals surface area contributed by atoms with E-state index in [0.717, 1.165) is 10.3 Å². The van der Waals surface area contributed by atoms with Crippen molar-refractivity contribution in [2.75, 3.05) is 18.6 Å². The van der Waals surface area contributed by atoms with Crippen molar-refractivity contribution in [3.05, 3.63) is 16.7 Å². The molecule has 1 heterocycles. The molecular weight excluding hydrogens is 224 g/mol. The number of nitrogens with one attached hydrogen (secondary N) is 1. The van der Waals surface area contributed by atoms with Crippen molar-refractivity contribution < 1.29 is 0 Å². The van der Waals surface area contributed by atoms with Gasteiger partial charge in [-0.2, -0.15) is 0 Å². The second-order valence-corrected chi connectivity index (χ2v) is 3.66. The largest absolute Gasteiger partial charge is 0.373 e. The molecule has 0 spiro atoms. The number of anilines is 1. The van der Waals surface area contributed by atoms with E-state index in [9.17, 15) is 0 Å². The Hall–Kier alpha value is -0.220. The maximum Gasteiger partial charge on any atom is 0.126 e. The fraction of sp³-hybridized carbons (Fsp3) is 0.286. The van der Waals surface area contributed by atoms with E-state index >= 15 is 0 Å². The Kier molecular flexibility index (Phi) is 3.20. The highest BCUT2D eigenvalue weighted by atomic mass is 79.9. The third kappa shape index (κ3) is 2.10. The monoisotopic (exact) mass is 232 g/mol. The summed E-state index contributed by atoms with van der Waals surface area (Å²) in [6, 6.07) is 2.01. The molecule has 60 valence electrons. The predicted octanol–water partition coefficient (Wildman–Crippen LogP) is 2.61. The van der Waals surface area contributed by atoms with Crippen LogP contribution in [0.1, 0.15) is 0 Å². The number of thioether (sulfide) groups is 1. The maximum absolute atomic E-state index is 4.13. The number of aromatic nitrogens is 1. The molecule has 0 atom stereocenters. The van der Waals surface area contributed by atoms with Gasteiger partial charge in [0.15, 0.2) is 0 Å². The van der Waals surface area contributed by atoms with Gasteiger partial charge >= 0.3 is 0 Å². The Labute approximate surface area is 78.9 Å². The van der Waals surface area contributed by atoms with Gasteiger partial charge in [-0.3, -0.25) is 0 Å². The first-order valence-electron chi connectivity index (χ1n) is 3.15. The molecule has 0 aromatic carbocycles. The Morgan fingerprint density at radius 1 is 1.64 bits per heavy atom. The Morgan fingerprint density at radius 2 is 2.36 bits per heavy atom. The van der Waals surface area contributed by atoms with Crippen LogP contribution >= 0.6 is 27.7 Å². The molecule has 0 aliphatic carbocycles. The van der Waals surface area contributed by atoms with Crippen LogP contribution in [0.4, 0.5) is 5.82 Å². The normalized spacial score (nSPS) is 9.73. The quantitative estimate of drug-likeness (QED) is 0.795. The lowest BCUT2D eigenvalue weighted by molar-refractivity contribution is 1.21. The van der Waals surface area contributed by atoms with E-state index in [2.05, 4.69) is 26.2 Å². The number of pyridine rings is 1. The maximum atomic E-state index is 4.13. The van der Waals surface area contributed by atoms with E-state index in [-0.39, 0.29) is 0 Å². The van der Waals surface area contributed by atoms with Gasteiger partial charge in [-0.1, -0.05) is 0 Å². The zero-order chi connectivity index (χ0) is 8.27. The van der Waals surface area contributed by atoms with E-state index < -0.39 is 0 Å². The first-order valence-corrected chi connectivity index (χ1v) is 5.17. The van der Waals surface area contributed by atoms with Crippen LogP contribution in [-0.2, 0) is 0 Å². The van der Waals surface area contributed by atoms with E-state index in [1.807, 2.05) is 19.4 Å². The Bertz CT molecular complexity index is 252. The Balaban J connectivity index is 3.02. The van der Waals surface area contributed by atoms with Crippen molar-refractivity contribution in [3.8, 4) is 0 Å². The van der Waals surface area contributed by atoms with Crippen LogP contribution in [0.2, 0.25) is 0 Å². The second-order valence-electron chi connectivity index (χ2n) is 1.95. The van der Waals surface area contributed by atoms with E-state index in [0.29, 0.717) is 0 Å². The smallest absolute Gasteiger partial charge is 0.126 e. The van der Waals surface area contributed by atoms with Crippen molar-refractivity contribution in [2.45, 2.75) is 4.90 Å². The van der Waals surface area contributed by atoms with Gasteiger partial charge in [0.1, 0.15) is 5.82 Å². The molecule has 1 N–H and O–H groups in total. The molecule has 0 aliphatic heterocycles. The summed E-state index contributed by atoms with van der Waals surface area (Å²) in [6.07, 6.45) is 3.84. The summed E-state index contributed by atoms with van der Waals surface area (Å²) >= 11 is 5.11. The first kappa shape index (κ1) is 8.87. The summed E-state index contributed by atoms with van der Waals surface area (Å²) < 4.78 is 1.05. The van der Waals surface area contributed by atoms with Crippen LogP contribution in [0.15, 0.2) is 21.6 Å². The van der Waals surface area contributed by atoms with Gasteiger partial charge in [-0.25, -0.2) is 4.98 Å². The summed E-state index contributed by atoms with van der Waals surface area (Å²) in [6.45, 7) is 0. The highest BCUT2D eigenvalue weighted by Crippen LogP contribution is 2.26. The highest BCUT2D eigenvalue weighted by Gasteiger charge is 1.99. The van der Waals surface area contributed by atoms with Crippen LogP contribution in [0, 0.1) is 0 Å². The van der Waals surface area contributed by atoms with E-state index in [1.165, 1.54) is 4.90 Å². The molecule has 1 aromatic heterocycles. The minimum absolute atomic E-state index is 0.901. The van der Waals surface area contributed by atoms with Crippen molar-refractivity contribution in [1.29, 1.82) is 0 Å². The molecule has 1 rings (SSSR count). The fourth-order valence-corrected chi connectivity index (χ4v) is 1.89. The van der Waals surface area contributed by atoms with Gasteiger partial charge in [-0.05, 0) is 28.3 Å². The molecule has 2 nitrogen and oxygen atoms in total. The molecule has 0 saturated heterocycles. The highest BCUT2D eigenvalue weighted by molar-refractivity contribution is 9.10. The van der Waals surface area contributed by atoms with Gasteiger partial charge in [0.25, 0.3) is 0 Å². The van der Waals surface area contributed by atoms with Gasteiger partial charge < -0.3 is 5.32 Å². The molecule has 0 aliphatic rings. The van der Waals surface area contributed by atoms with Gasteiger partial charge in [0.2, 0.25) is 0 Å². The number of rotatable bonds is 2. The molecule has 0 fully saturated rings. The summed E-state index contributed by atoms with van der Waals surface area (Å²) in [5.41, 5.74) is 0. The number of halogens is 1. The third-order valence-electron chi connectivity index (χ3n) is 1.30. The van der Waals surface area contributed by atoms with E-state index in [1.54, 1.807) is 18.0 Å². The van der Waals surface area contributed by atoms with Crippen LogP contribution in [0.3, 0.4) is 0 Å². The molecule has 0 amide bonds. The van der Waals surface area contributed by atoms with Crippen molar-refractivity contribution in [1.82, 2.24) is 4.98 Å². The van der Waals surface area contributed by atoms with Crippen molar-refractivity contribution in [3.63, 3.8) is 0 Å². The third-order valence-corrected chi connectivity index (χ3v) is 2.97. The van der Waals surface area contributed by atoms with Gasteiger partial charge in [-0.15, -0.1) is 11.8 Å². The summed E-state index contributed by atoms with van der Waals surface area (Å²) in [4.78, 5) is 5.33. The first-order chi connectivity index (χ1) is 5.27. The zero-order valence-electron chi connectivity index (χ0n) is 6.39. The standard InChI is InChI=1S/C7H9BrN2S/c1-9-7-3-6(11-2)5(8)4-10-7/h3-4H,1-2H3,(H,9,10). The Morgan fingerprint density at radius 3 is 2.91 bits per heavy atom. The van der Waals surface area contributed by atoms with E-state index in [4.69, 9.17) is 0 Å². The molecule has 0 radical (unpaired) electrons. The summed E-state index contributed by atoms with van der Waals surface area (Å²) in [7, 11) is 1.86. The van der Waals surface area contributed by atoms with Crippen LogP contribution in [0.5, 0.6) is 0 Å². The SMILES string of the molecule is CNc1cc(SC)c(Br)cn1. The van der Waals surface area contributed by atoms with Crippen LogP contribution in [-0.4, -0.2) is 18.3 Å². The molecule has 0 unspecified atom stereocenters. The molecule has 0 saturated carbocycles. The van der Waals surface area contributed by atoms with Crippen molar-refractivity contribution >= 4 is 33.5 Å². The van der Waals surface area contributed by atoms with Crippen molar-refractivity contribution in [2.24, 2.45) is 0 Å². The topological polar surface area (TPSA) is 24.9 Å². The number of hydrogen-bond acceptors (Lipinski definition) is 3. The minimum Gasteiger partial charge on any atom is -0.373 e. The van der Waals surface area contributed by atoms with Crippen LogP contribution < -0.4 is 5.32 Å².